The zero-order valence-electron chi connectivity index (χ0n) is 13.0. The summed E-state index contributed by atoms with van der Waals surface area (Å²) in [7, 11) is 0. The van der Waals surface area contributed by atoms with Crippen LogP contribution < -0.4 is 10.2 Å². The number of hydrogen-bond donors (Lipinski definition) is 1. The third-order valence-corrected chi connectivity index (χ3v) is 4.24. The van der Waals surface area contributed by atoms with E-state index in [4.69, 9.17) is 4.98 Å². The molecular weight excluding hydrogens is 260 g/mol. The number of aryl methyl sites for hydroxylation is 1. The molecule has 4 heteroatoms. The highest BCUT2D eigenvalue weighted by molar-refractivity contribution is 5.78. The molecule has 1 aliphatic rings. The quantitative estimate of drug-likeness (QED) is 0.858. The van der Waals surface area contributed by atoms with E-state index < -0.39 is 0 Å². The molecule has 0 radical (unpaired) electrons. The number of rotatable bonds is 5. The lowest BCUT2D eigenvalue weighted by Gasteiger charge is -2.22. The van der Waals surface area contributed by atoms with Crippen LogP contribution in [0.15, 0.2) is 24.3 Å². The van der Waals surface area contributed by atoms with Gasteiger partial charge in [0.25, 0.3) is 0 Å². The van der Waals surface area contributed by atoms with Crippen LogP contribution in [0.2, 0.25) is 0 Å². The van der Waals surface area contributed by atoms with Gasteiger partial charge in [0.15, 0.2) is 0 Å². The van der Waals surface area contributed by atoms with Crippen molar-refractivity contribution in [2.24, 2.45) is 0 Å². The summed E-state index contributed by atoms with van der Waals surface area (Å²) in [5.74, 6) is 1.16. The molecule has 4 nitrogen and oxygen atoms in total. The van der Waals surface area contributed by atoms with Crippen molar-refractivity contribution in [2.75, 3.05) is 31.1 Å². The van der Waals surface area contributed by atoms with Gasteiger partial charge in [-0.25, -0.2) is 4.98 Å². The number of unbranched alkanes of at least 4 members (excludes halogenated alkanes) is 2. The van der Waals surface area contributed by atoms with Crippen molar-refractivity contribution >= 4 is 17.0 Å². The molecule has 0 atom stereocenters. The Hall–Kier alpha value is -1.55. The fourth-order valence-corrected chi connectivity index (χ4v) is 3.09. The lowest BCUT2D eigenvalue weighted by atomic mass is 10.2. The first-order valence-corrected chi connectivity index (χ1v) is 8.31. The lowest BCUT2D eigenvalue weighted by Crippen LogP contribution is -2.30. The number of hydrogen-bond acceptors (Lipinski definition) is 3. The minimum atomic E-state index is 1.05. The van der Waals surface area contributed by atoms with Gasteiger partial charge in [-0.3, -0.25) is 0 Å². The Morgan fingerprint density at radius 3 is 2.95 bits per heavy atom. The highest BCUT2D eigenvalue weighted by Crippen LogP contribution is 2.24. The zero-order valence-corrected chi connectivity index (χ0v) is 13.0. The smallest absolute Gasteiger partial charge is 0.206 e. The summed E-state index contributed by atoms with van der Waals surface area (Å²) in [6.45, 7) is 7.66. The van der Waals surface area contributed by atoms with Crippen molar-refractivity contribution in [3.05, 3.63) is 24.3 Å². The van der Waals surface area contributed by atoms with Crippen LogP contribution in [0, 0.1) is 0 Å². The number of anilines is 1. The van der Waals surface area contributed by atoms with E-state index in [1.807, 2.05) is 0 Å². The number of benzene rings is 1. The Morgan fingerprint density at radius 2 is 2.05 bits per heavy atom. The maximum Gasteiger partial charge on any atom is 0.206 e. The molecule has 3 rings (SSSR count). The molecule has 1 saturated heterocycles. The topological polar surface area (TPSA) is 33.1 Å². The van der Waals surface area contributed by atoms with E-state index >= 15 is 0 Å². The van der Waals surface area contributed by atoms with Crippen molar-refractivity contribution in [3.8, 4) is 0 Å². The molecule has 1 fully saturated rings. The number of nitrogens with one attached hydrogen (secondary N) is 1. The molecular formula is C17H26N4. The van der Waals surface area contributed by atoms with Gasteiger partial charge in [-0.05, 0) is 31.5 Å². The molecule has 2 aromatic rings. The molecule has 1 aliphatic heterocycles. The molecule has 2 heterocycles. The van der Waals surface area contributed by atoms with Crippen molar-refractivity contribution in [1.29, 1.82) is 0 Å². The van der Waals surface area contributed by atoms with Crippen LogP contribution in [0.5, 0.6) is 0 Å². The molecule has 0 amide bonds. The normalized spacial score (nSPS) is 16.3. The van der Waals surface area contributed by atoms with E-state index in [0.29, 0.717) is 0 Å². The Balaban J connectivity index is 1.92. The van der Waals surface area contributed by atoms with E-state index in [9.17, 15) is 0 Å². The second kappa shape index (κ2) is 6.94. The molecule has 0 bridgehead atoms. The summed E-state index contributed by atoms with van der Waals surface area (Å²) in [4.78, 5) is 7.37. The van der Waals surface area contributed by atoms with E-state index in [-0.39, 0.29) is 0 Å². The zero-order chi connectivity index (χ0) is 14.5. The predicted molar refractivity (Wildman–Crippen MR) is 89.0 cm³/mol. The number of nitrogens with zero attached hydrogens (tertiary/aromatic N) is 3. The third kappa shape index (κ3) is 3.21. The van der Waals surface area contributed by atoms with Crippen LogP contribution in [0.1, 0.15) is 32.6 Å². The van der Waals surface area contributed by atoms with Crippen LogP contribution in [-0.4, -0.2) is 35.7 Å². The maximum atomic E-state index is 4.92. The largest absolute Gasteiger partial charge is 0.341 e. The van der Waals surface area contributed by atoms with Crippen LogP contribution in [0.4, 0.5) is 5.95 Å². The number of para-hydroxylation sites is 2. The Kier molecular flexibility index (Phi) is 4.76. The van der Waals surface area contributed by atoms with Crippen molar-refractivity contribution in [2.45, 2.75) is 39.2 Å². The first kappa shape index (κ1) is 14.4. The van der Waals surface area contributed by atoms with Crippen LogP contribution >= 0.6 is 0 Å². The minimum Gasteiger partial charge on any atom is -0.341 e. The molecule has 0 saturated carbocycles. The predicted octanol–water partition coefficient (Wildman–Crippen LogP) is 3.03. The molecule has 0 aliphatic carbocycles. The molecule has 21 heavy (non-hydrogen) atoms. The van der Waals surface area contributed by atoms with Crippen LogP contribution in [-0.2, 0) is 6.54 Å². The molecule has 114 valence electrons. The molecule has 1 aromatic heterocycles. The van der Waals surface area contributed by atoms with Gasteiger partial charge in [0.2, 0.25) is 5.95 Å². The van der Waals surface area contributed by atoms with Gasteiger partial charge in [-0.1, -0.05) is 31.9 Å². The maximum absolute atomic E-state index is 4.92. The van der Waals surface area contributed by atoms with Gasteiger partial charge >= 0.3 is 0 Å². The number of fused-ring (bicyclic) bond motifs is 1. The van der Waals surface area contributed by atoms with Crippen LogP contribution in [0.25, 0.3) is 11.0 Å². The molecule has 0 unspecified atom stereocenters. The summed E-state index contributed by atoms with van der Waals surface area (Å²) >= 11 is 0. The Morgan fingerprint density at radius 1 is 1.14 bits per heavy atom. The monoisotopic (exact) mass is 286 g/mol. The van der Waals surface area contributed by atoms with Gasteiger partial charge in [-0.15, -0.1) is 0 Å². The van der Waals surface area contributed by atoms with E-state index in [2.05, 4.69) is 46.0 Å². The fourth-order valence-electron chi connectivity index (χ4n) is 3.09. The Labute approximate surface area is 127 Å². The SMILES string of the molecule is CCCCCn1c(N2CCCNCC2)nc2ccccc21. The summed E-state index contributed by atoms with van der Waals surface area (Å²) < 4.78 is 2.43. The van der Waals surface area contributed by atoms with Gasteiger partial charge in [0, 0.05) is 26.2 Å². The van der Waals surface area contributed by atoms with Crippen LogP contribution in [0.3, 0.4) is 0 Å². The van der Waals surface area contributed by atoms with Crippen molar-refractivity contribution in [3.63, 3.8) is 0 Å². The summed E-state index contributed by atoms with van der Waals surface area (Å²) in [5, 5.41) is 3.47. The van der Waals surface area contributed by atoms with E-state index in [0.717, 1.165) is 44.2 Å². The van der Waals surface area contributed by atoms with Gasteiger partial charge in [-0.2, -0.15) is 0 Å². The van der Waals surface area contributed by atoms with E-state index in [1.54, 1.807) is 0 Å². The molecule has 0 spiro atoms. The fraction of sp³-hybridized carbons (Fsp3) is 0.588. The number of imidazole rings is 1. The third-order valence-electron chi connectivity index (χ3n) is 4.24. The summed E-state index contributed by atoms with van der Waals surface area (Å²) in [6, 6.07) is 8.53. The van der Waals surface area contributed by atoms with E-state index in [1.165, 1.54) is 31.2 Å². The van der Waals surface area contributed by atoms with Crippen molar-refractivity contribution in [1.82, 2.24) is 14.9 Å². The van der Waals surface area contributed by atoms with Gasteiger partial charge in [0.05, 0.1) is 11.0 Å². The molecule has 1 N–H and O–H groups in total. The Bertz CT molecular complexity index is 567. The van der Waals surface area contributed by atoms with Gasteiger partial charge < -0.3 is 14.8 Å². The number of aromatic nitrogens is 2. The average molecular weight is 286 g/mol. The standard InChI is InChI=1S/C17H26N4/c1-2-3-6-13-21-16-9-5-4-8-15(16)19-17(21)20-12-7-10-18-11-14-20/h4-5,8-9,18H,2-3,6-7,10-14H2,1H3. The van der Waals surface area contributed by atoms with Gasteiger partial charge in [0.1, 0.15) is 0 Å². The van der Waals surface area contributed by atoms with Crippen molar-refractivity contribution < 1.29 is 0 Å². The second-order valence-corrected chi connectivity index (χ2v) is 5.85. The average Bonchev–Trinajstić information content (AvgIpc) is 2.70. The second-order valence-electron chi connectivity index (χ2n) is 5.85. The minimum absolute atomic E-state index is 1.05. The highest BCUT2D eigenvalue weighted by Gasteiger charge is 2.17. The highest BCUT2D eigenvalue weighted by atomic mass is 15.3. The first-order chi connectivity index (χ1) is 10.4. The first-order valence-electron chi connectivity index (χ1n) is 8.31. The summed E-state index contributed by atoms with van der Waals surface area (Å²) in [6.07, 6.45) is 4.97. The summed E-state index contributed by atoms with van der Waals surface area (Å²) in [5.41, 5.74) is 2.40. The molecule has 1 aromatic carbocycles. The lowest BCUT2D eigenvalue weighted by molar-refractivity contribution is 0.602.